The van der Waals surface area contributed by atoms with Crippen LogP contribution in [-0.2, 0) is 13.0 Å². The highest BCUT2D eigenvalue weighted by Crippen LogP contribution is 2.21. The van der Waals surface area contributed by atoms with Gasteiger partial charge < -0.3 is 4.57 Å². The lowest BCUT2D eigenvalue weighted by atomic mass is 10.2. The van der Waals surface area contributed by atoms with Gasteiger partial charge in [-0.25, -0.2) is 9.07 Å². The fraction of sp³-hybridized carbons (Fsp3) is 0.250. The minimum Gasteiger partial charge on any atom is -0.312 e. The summed E-state index contributed by atoms with van der Waals surface area (Å²) in [5.41, 5.74) is 0.977. The van der Waals surface area contributed by atoms with Crippen LogP contribution in [0.4, 0.5) is 4.39 Å². The molecule has 0 unspecified atom stereocenters. The van der Waals surface area contributed by atoms with Crippen LogP contribution in [0.3, 0.4) is 0 Å². The molecule has 0 radical (unpaired) electrons. The molecule has 3 rings (SSSR count). The fourth-order valence-corrected chi connectivity index (χ4v) is 3.11. The van der Waals surface area contributed by atoms with E-state index < -0.39 is 5.82 Å². The van der Waals surface area contributed by atoms with Crippen molar-refractivity contribution in [2.75, 3.05) is 0 Å². The van der Waals surface area contributed by atoms with E-state index in [0.717, 1.165) is 6.07 Å². The number of benzene rings is 1. The molecule has 0 saturated carbocycles. The number of rotatable bonds is 3. The van der Waals surface area contributed by atoms with Crippen molar-refractivity contribution in [1.29, 1.82) is 0 Å². The second-order valence-corrected chi connectivity index (χ2v) is 5.57. The summed E-state index contributed by atoms with van der Waals surface area (Å²) in [5.74, 6) is -0.483. The molecule has 1 aromatic carbocycles. The number of aromatic amines is 1. The zero-order valence-electron chi connectivity index (χ0n) is 12.7. The molecule has 2 aromatic heterocycles. The van der Waals surface area contributed by atoms with Gasteiger partial charge in [0.1, 0.15) is 5.82 Å². The number of H-pyrrole nitrogens is 1. The first kappa shape index (κ1) is 15.6. The third-order valence-electron chi connectivity index (χ3n) is 3.87. The average molecular weight is 336 g/mol. The Bertz CT molecular complexity index is 1020. The van der Waals surface area contributed by atoms with Gasteiger partial charge in [0.15, 0.2) is 0 Å². The van der Waals surface area contributed by atoms with E-state index in [4.69, 9.17) is 11.6 Å². The van der Waals surface area contributed by atoms with Crippen molar-refractivity contribution in [3.8, 4) is 5.69 Å². The Balaban J connectivity index is 2.40. The first-order chi connectivity index (χ1) is 11.0. The summed E-state index contributed by atoms with van der Waals surface area (Å²) in [7, 11) is 0. The van der Waals surface area contributed by atoms with Gasteiger partial charge in [-0.05, 0) is 31.5 Å². The SMILES string of the molecule is CCc1c2c(=O)n(-c3ccc(F)cc3Cl)[nH]c2cc(=O)n1CC. The molecular formula is C16H15ClFN3O2. The van der Waals surface area contributed by atoms with Crippen molar-refractivity contribution in [2.45, 2.75) is 26.8 Å². The van der Waals surface area contributed by atoms with Gasteiger partial charge in [-0.2, -0.15) is 0 Å². The Morgan fingerprint density at radius 1 is 1.22 bits per heavy atom. The lowest BCUT2D eigenvalue weighted by Gasteiger charge is -2.08. The van der Waals surface area contributed by atoms with Crippen molar-refractivity contribution < 1.29 is 4.39 Å². The van der Waals surface area contributed by atoms with Gasteiger partial charge >= 0.3 is 0 Å². The van der Waals surface area contributed by atoms with Gasteiger partial charge in [0.2, 0.25) is 0 Å². The number of nitrogens with zero attached hydrogens (tertiary/aromatic N) is 2. The van der Waals surface area contributed by atoms with Gasteiger partial charge in [-0.3, -0.25) is 14.7 Å². The molecule has 0 aliphatic rings. The number of hydrogen-bond acceptors (Lipinski definition) is 2. The van der Waals surface area contributed by atoms with Gasteiger partial charge in [0.05, 0.1) is 21.6 Å². The van der Waals surface area contributed by atoms with Gasteiger partial charge in [0, 0.05) is 18.3 Å². The van der Waals surface area contributed by atoms with Gasteiger partial charge in [-0.1, -0.05) is 18.5 Å². The minimum atomic E-state index is -0.483. The molecule has 0 saturated heterocycles. The predicted molar refractivity (Wildman–Crippen MR) is 88.2 cm³/mol. The Morgan fingerprint density at radius 3 is 2.57 bits per heavy atom. The summed E-state index contributed by atoms with van der Waals surface area (Å²) in [5, 5.41) is 3.46. The second-order valence-electron chi connectivity index (χ2n) is 5.16. The van der Waals surface area contributed by atoms with Crippen LogP contribution in [0.15, 0.2) is 33.9 Å². The molecule has 0 amide bonds. The molecule has 23 heavy (non-hydrogen) atoms. The molecule has 1 N–H and O–H groups in total. The van der Waals surface area contributed by atoms with Crippen molar-refractivity contribution in [3.63, 3.8) is 0 Å². The highest BCUT2D eigenvalue weighted by Gasteiger charge is 2.17. The second kappa shape index (κ2) is 5.70. The topological polar surface area (TPSA) is 59.8 Å². The highest BCUT2D eigenvalue weighted by atomic mass is 35.5. The van der Waals surface area contributed by atoms with E-state index in [2.05, 4.69) is 5.10 Å². The van der Waals surface area contributed by atoms with E-state index in [9.17, 15) is 14.0 Å². The summed E-state index contributed by atoms with van der Waals surface area (Å²) < 4.78 is 16.0. The Hall–Kier alpha value is -2.34. The third kappa shape index (κ3) is 2.39. The number of nitrogens with one attached hydrogen (secondary N) is 1. The van der Waals surface area contributed by atoms with Crippen LogP contribution >= 0.6 is 11.6 Å². The van der Waals surface area contributed by atoms with E-state index in [0.29, 0.717) is 35.2 Å². The van der Waals surface area contributed by atoms with Crippen LogP contribution in [0, 0.1) is 5.82 Å². The van der Waals surface area contributed by atoms with Crippen molar-refractivity contribution in [2.24, 2.45) is 0 Å². The number of fused-ring (bicyclic) bond motifs is 1. The Kier molecular flexibility index (Phi) is 3.85. The van der Waals surface area contributed by atoms with E-state index in [1.165, 1.54) is 22.9 Å². The summed E-state index contributed by atoms with van der Waals surface area (Å²) in [4.78, 5) is 25.0. The molecule has 0 aliphatic carbocycles. The molecule has 3 aromatic rings. The third-order valence-corrected chi connectivity index (χ3v) is 4.17. The number of hydrogen-bond donors (Lipinski definition) is 1. The normalized spacial score (nSPS) is 11.3. The molecule has 0 aliphatic heterocycles. The van der Waals surface area contributed by atoms with Gasteiger partial charge in [0.25, 0.3) is 11.1 Å². The predicted octanol–water partition coefficient (Wildman–Crippen LogP) is 2.86. The Morgan fingerprint density at radius 2 is 1.96 bits per heavy atom. The molecule has 0 bridgehead atoms. The summed E-state index contributed by atoms with van der Waals surface area (Å²) >= 11 is 6.04. The van der Waals surface area contributed by atoms with Crippen LogP contribution in [0.2, 0.25) is 5.02 Å². The van der Waals surface area contributed by atoms with Gasteiger partial charge in [-0.15, -0.1) is 0 Å². The number of halogens is 2. The van der Waals surface area contributed by atoms with E-state index in [1.54, 1.807) is 4.57 Å². The lowest BCUT2D eigenvalue weighted by Crippen LogP contribution is -2.23. The quantitative estimate of drug-likeness (QED) is 0.800. The molecule has 120 valence electrons. The first-order valence-corrected chi connectivity index (χ1v) is 7.68. The smallest absolute Gasteiger partial charge is 0.280 e. The van der Waals surface area contributed by atoms with Crippen molar-refractivity contribution in [1.82, 2.24) is 14.3 Å². The summed E-state index contributed by atoms with van der Waals surface area (Å²) in [6, 6.07) is 5.19. The molecule has 0 fully saturated rings. The lowest BCUT2D eigenvalue weighted by molar-refractivity contribution is 0.627. The molecule has 0 spiro atoms. The largest absolute Gasteiger partial charge is 0.312 e. The first-order valence-electron chi connectivity index (χ1n) is 7.30. The molecule has 2 heterocycles. The van der Waals surface area contributed by atoms with E-state index in [-0.39, 0.29) is 16.1 Å². The number of aryl methyl sites for hydroxylation is 1. The minimum absolute atomic E-state index is 0.113. The van der Waals surface area contributed by atoms with Crippen molar-refractivity contribution in [3.05, 3.63) is 61.5 Å². The zero-order valence-corrected chi connectivity index (χ0v) is 13.4. The summed E-state index contributed by atoms with van der Waals surface area (Å²) in [6.07, 6.45) is 0.546. The van der Waals surface area contributed by atoms with E-state index in [1.807, 2.05) is 13.8 Å². The monoisotopic (exact) mass is 335 g/mol. The average Bonchev–Trinajstić information content (AvgIpc) is 2.82. The maximum atomic E-state index is 13.2. The van der Waals surface area contributed by atoms with Crippen LogP contribution in [0.1, 0.15) is 19.5 Å². The molecule has 7 heteroatoms. The van der Waals surface area contributed by atoms with Crippen LogP contribution < -0.4 is 11.1 Å². The fourth-order valence-electron chi connectivity index (χ4n) is 2.85. The summed E-state index contributed by atoms with van der Waals surface area (Å²) in [6.45, 7) is 4.23. The zero-order chi connectivity index (χ0) is 16.7. The highest BCUT2D eigenvalue weighted by molar-refractivity contribution is 6.32. The van der Waals surface area contributed by atoms with Crippen LogP contribution in [0.25, 0.3) is 16.6 Å². The maximum Gasteiger partial charge on any atom is 0.280 e. The van der Waals surface area contributed by atoms with E-state index >= 15 is 0 Å². The Labute approximate surface area is 135 Å². The standard InChI is InChI=1S/C16H15ClFN3O2/c1-3-12-15-11(8-14(22)20(12)4-2)19-21(16(15)23)13-6-5-9(18)7-10(13)17/h5-8,19H,3-4H2,1-2H3. The van der Waals surface area contributed by atoms with Crippen LogP contribution in [0.5, 0.6) is 0 Å². The number of aromatic nitrogens is 3. The molecule has 5 nitrogen and oxygen atoms in total. The molecular weight excluding hydrogens is 321 g/mol. The van der Waals surface area contributed by atoms with Crippen molar-refractivity contribution >= 4 is 22.5 Å². The molecule has 0 atom stereocenters. The van der Waals surface area contributed by atoms with Crippen LogP contribution in [-0.4, -0.2) is 14.3 Å². The maximum absolute atomic E-state index is 13.2. The number of pyridine rings is 1.